The highest BCUT2D eigenvalue weighted by Gasteiger charge is 2.20. The summed E-state index contributed by atoms with van der Waals surface area (Å²) in [7, 11) is 1.47. The van der Waals surface area contributed by atoms with Gasteiger partial charge in [0.15, 0.2) is 17.4 Å². The molecule has 0 unspecified atom stereocenters. The Morgan fingerprint density at radius 1 is 1.08 bits per heavy atom. The van der Waals surface area contributed by atoms with Crippen molar-refractivity contribution in [2.24, 2.45) is 0 Å². The summed E-state index contributed by atoms with van der Waals surface area (Å²) in [6.07, 6.45) is 3.43. The minimum absolute atomic E-state index is 0.0614. The fourth-order valence-corrected chi connectivity index (χ4v) is 2.83. The van der Waals surface area contributed by atoms with Gasteiger partial charge in [-0.25, -0.2) is 4.39 Å². The number of piperazine rings is 1. The summed E-state index contributed by atoms with van der Waals surface area (Å²) in [5, 5.41) is 0. The number of hydrogen-bond acceptors (Lipinski definition) is 6. The maximum absolute atomic E-state index is 13.9. The number of methoxy groups -OCH3 is 1. The van der Waals surface area contributed by atoms with Crippen molar-refractivity contribution < 1.29 is 13.9 Å². The summed E-state index contributed by atoms with van der Waals surface area (Å²) < 4.78 is 24.5. The van der Waals surface area contributed by atoms with Crippen LogP contribution in [0.3, 0.4) is 0 Å². The first-order chi connectivity index (χ1) is 12.1. The Morgan fingerprint density at radius 2 is 1.80 bits per heavy atom. The summed E-state index contributed by atoms with van der Waals surface area (Å²) in [5.41, 5.74) is 0.862. The Bertz CT molecular complexity index is 718. The van der Waals surface area contributed by atoms with Crippen LogP contribution < -0.4 is 19.3 Å². The van der Waals surface area contributed by atoms with Crippen LogP contribution in [0.2, 0.25) is 0 Å². The molecule has 0 radical (unpaired) electrons. The Kier molecular flexibility index (Phi) is 5.21. The first kappa shape index (κ1) is 17.3. The number of aromatic nitrogens is 2. The van der Waals surface area contributed by atoms with Gasteiger partial charge in [-0.05, 0) is 26.0 Å². The molecule has 0 saturated carbocycles. The van der Waals surface area contributed by atoms with E-state index in [1.807, 2.05) is 19.9 Å². The van der Waals surface area contributed by atoms with E-state index < -0.39 is 0 Å². The zero-order chi connectivity index (χ0) is 17.8. The predicted molar refractivity (Wildman–Crippen MR) is 95.2 cm³/mol. The van der Waals surface area contributed by atoms with Crippen LogP contribution in [0, 0.1) is 5.82 Å². The van der Waals surface area contributed by atoms with E-state index in [-0.39, 0.29) is 17.7 Å². The van der Waals surface area contributed by atoms with E-state index in [4.69, 9.17) is 9.47 Å². The summed E-state index contributed by atoms with van der Waals surface area (Å²) in [4.78, 5) is 13.0. The zero-order valence-corrected chi connectivity index (χ0v) is 14.8. The summed E-state index contributed by atoms with van der Waals surface area (Å²) in [5.74, 6) is 1.26. The molecule has 1 saturated heterocycles. The average Bonchev–Trinajstić information content (AvgIpc) is 2.61. The number of hydrogen-bond donors (Lipinski definition) is 0. The maximum Gasteiger partial charge on any atom is 0.234 e. The van der Waals surface area contributed by atoms with Crippen LogP contribution in [-0.4, -0.2) is 49.4 Å². The van der Waals surface area contributed by atoms with Crippen LogP contribution in [0.5, 0.6) is 11.6 Å². The van der Waals surface area contributed by atoms with E-state index in [1.165, 1.54) is 13.2 Å². The minimum Gasteiger partial charge on any atom is -0.494 e. The van der Waals surface area contributed by atoms with Gasteiger partial charge in [0.2, 0.25) is 5.88 Å². The molecule has 1 aliphatic heterocycles. The van der Waals surface area contributed by atoms with Gasteiger partial charge in [0.25, 0.3) is 0 Å². The fourth-order valence-electron chi connectivity index (χ4n) is 2.83. The third kappa shape index (κ3) is 4.10. The molecule has 6 nitrogen and oxygen atoms in total. The lowest BCUT2D eigenvalue weighted by atomic mass is 10.2. The van der Waals surface area contributed by atoms with Crippen molar-refractivity contribution in [3.8, 4) is 11.6 Å². The third-order valence-electron chi connectivity index (χ3n) is 4.06. The lowest BCUT2D eigenvalue weighted by Crippen LogP contribution is -2.46. The van der Waals surface area contributed by atoms with Gasteiger partial charge in [0.05, 0.1) is 25.6 Å². The van der Waals surface area contributed by atoms with Crippen molar-refractivity contribution in [1.82, 2.24) is 9.97 Å². The van der Waals surface area contributed by atoms with E-state index in [9.17, 15) is 4.39 Å². The summed E-state index contributed by atoms with van der Waals surface area (Å²) in [6, 6.07) is 5.06. The fraction of sp³-hybridized carbons (Fsp3) is 0.444. The van der Waals surface area contributed by atoms with Crippen molar-refractivity contribution in [3.05, 3.63) is 36.4 Å². The predicted octanol–water partition coefficient (Wildman–Crippen LogP) is 2.74. The highest BCUT2D eigenvalue weighted by Crippen LogP contribution is 2.25. The molecule has 1 aromatic heterocycles. The number of nitrogens with zero attached hydrogens (tertiary/aromatic N) is 4. The van der Waals surface area contributed by atoms with E-state index >= 15 is 0 Å². The molecule has 0 atom stereocenters. The molecule has 2 aromatic rings. The molecule has 0 aliphatic carbocycles. The van der Waals surface area contributed by atoms with Gasteiger partial charge in [-0.3, -0.25) is 4.98 Å². The summed E-state index contributed by atoms with van der Waals surface area (Å²) >= 11 is 0. The van der Waals surface area contributed by atoms with Crippen LogP contribution in [0.4, 0.5) is 15.9 Å². The second-order valence-electron chi connectivity index (χ2n) is 6.18. The van der Waals surface area contributed by atoms with Crippen LogP contribution in [0.1, 0.15) is 13.8 Å². The largest absolute Gasteiger partial charge is 0.494 e. The van der Waals surface area contributed by atoms with E-state index in [0.717, 1.165) is 37.7 Å². The molecule has 2 heterocycles. The van der Waals surface area contributed by atoms with Crippen molar-refractivity contribution >= 4 is 11.5 Å². The molecule has 0 N–H and O–H groups in total. The molecule has 1 fully saturated rings. The van der Waals surface area contributed by atoms with Crippen LogP contribution in [0.15, 0.2) is 30.6 Å². The van der Waals surface area contributed by atoms with Gasteiger partial charge in [-0.1, -0.05) is 0 Å². The van der Waals surface area contributed by atoms with Crippen LogP contribution in [-0.2, 0) is 0 Å². The van der Waals surface area contributed by atoms with Crippen molar-refractivity contribution in [3.63, 3.8) is 0 Å². The molecule has 0 spiro atoms. The van der Waals surface area contributed by atoms with Gasteiger partial charge in [-0.2, -0.15) is 4.98 Å². The molecule has 7 heteroatoms. The van der Waals surface area contributed by atoms with Crippen LogP contribution in [0.25, 0.3) is 0 Å². The Balaban J connectivity index is 1.65. The molecule has 0 amide bonds. The minimum atomic E-state index is -0.341. The van der Waals surface area contributed by atoms with Gasteiger partial charge < -0.3 is 19.3 Å². The quantitative estimate of drug-likeness (QED) is 0.830. The Morgan fingerprint density at radius 3 is 2.44 bits per heavy atom. The number of rotatable bonds is 5. The van der Waals surface area contributed by atoms with Gasteiger partial charge in [-0.15, -0.1) is 0 Å². The first-order valence-corrected chi connectivity index (χ1v) is 8.39. The van der Waals surface area contributed by atoms with E-state index in [1.54, 1.807) is 18.5 Å². The number of anilines is 2. The molecule has 1 aromatic carbocycles. The van der Waals surface area contributed by atoms with Gasteiger partial charge >= 0.3 is 0 Å². The second-order valence-corrected chi connectivity index (χ2v) is 6.18. The van der Waals surface area contributed by atoms with Gasteiger partial charge in [0, 0.05) is 37.9 Å². The third-order valence-corrected chi connectivity index (χ3v) is 4.06. The van der Waals surface area contributed by atoms with Crippen molar-refractivity contribution in [2.45, 2.75) is 20.0 Å². The number of benzene rings is 1. The average molecular weight is 346 g/mol. The molecule has 1 aliphatic rings. The normalized spacial score (nSPS) is 14.8. The molecular weight excluding hydrogens is 323 g/mol. The first-order valence-electron chi connectivity index (χ1n) is 8.39. The molecule has 134 valence electrons. The van der Waals surface area contributed by atoms with Crippen LogP contribution >= 0.6 is 0 Å². The highest BCUT2D eigenvalue weighted by molar-refractivity contribution is 5.52. The smallest absolute Gasteiger partial charge is 0.234 e. The molecule has 3 rings (SSSR count). The standard InChI is InChI=1S/C18H23FN4O2/c1-13(2)25-18-12-20-11-17(21-18)23-8-6-22(7-9-23)14-4-5-16(24-3)15(19)10-14/h4-5,10-13H,6-9H2,1-3H3. The maximum atomic E-state index is 13.9. The lowest BCUT2D eigenvalue weighted by molar-refractivity contribution is 0.231. The molecular formula is C18H23FN4O2. The monoisotopic (exact) mass is 346 g/mol. The van der Waals surface area contributed by atoms with Crippen molar-refractivity contribution in [2.75, 3.05) is 43.1 Å². The highest BCUT2D eigenvalue weighted by atomic mass is 19.1. The Hall–Kier alpha value is -2.57. The second kappa shape index (κ2) is 7.55. The SMILES string of the molecule is COc1ccc(N2CCN(c3cncc(OC(C)C)n3)CC2)cc1F. The van der Waals surface area contributed by atoms with E-state index in [0.29, 0.717) is 5.88 Å². The molecule has 25 heavy (non-hydrogen) atoms. The number of ether oxygens (including phenoxy) is 2. The summed E-state index contributed by atoms with van der Waals surface area (Å²) in [6.45, 7) is 7.05. The lowest BCUT2D eigenvalue weighted by Gasteiger charge is -2.36. The van der Waals surface area contributed by atoms with E-state index in [2.05, 4.69) is 19.8 Å². The zero-order valence-electron chi connectivity index (χ0n) is 14.8. The topological polar surface area (TPSA) is 50.7 Å². The van der Waals surface area contributed by atoms with Gasteiger partial charge in [0.1, 0.15) is 0 Å². The number of halogens is 1. The van der Waals surface area contributed by atoms with Crippen molar-refractivity contribution in [1.29, 1.82) is 0 Å². The molecule has 0 bridgehead atoms. The Labute approximate surface area is 147 Å².